The number of hydrogen-bond acceptors (Lipinski definition) is 3. The summed E-state index contributed by atoms with van der Waals surface area (Å²) in [5, 5.41) is 2.61. The summed E-state index contributed by atoms with van der Waals surface area (Å²) < 4.78 is 31.5. The van der Waals surface area contributed by atoms with Crippen molar-refractivity contribution >= 4 is 29.0 Å². The molecule has 1 N–H and O–H groups in total. The van der Waals surface area contributed by atoms with Crippen LogP contribution >= 0.6 is 11.6 Å². The lowest BCUT2D eigenvalue weighted by Gasteiger charge is -2.11. The third-order valence-electron chi connectivity index (χ3n) is 2.88. The molecule has 0 aliphatic rings. The maximum Gasteiger partial charge on any atom is 0.262 e. The molecule has 4 nitrogen and oxygen atoms in total. The fourth-order valence-corrected chi connectivity index (χ4v) is 2.00. The van der Waals surface area contributed by atoms with Crippen LogP contribution in [0.2, 0.25) is 5.02 Å². The maximum absolute atomic E-state index is 13.4. The van der Waals surface area contributed by atoms with Crippen LogP contribution in [-0.2, 0) is 4.79 Å². The number of ether oxygens (including phenoxy) is 1. The van der Waals surface area contributed by atoms with E-state index in [1.54, 1.807) is 0 Å². The lowest BCUT2D eigenvalue weighted by atomic mass is 10.1. The SMILES string of the molecule is CC(=O)c1cc(Cl)ccc1OCC(=O)Nc1ccc(F)cc1F. The second-order valence-corrected chi connectivity index (χ2v) is 5.09. The molecule has 0 spiro atoms. The van der Waals surface area contributed by atoms with Gasteiger partial charge in [-0.3, -0.25) is 9.59 Å². The fourth-order valence-electron chi connectivity index (χ4n) is 1.82. The predicted octanol–water partition coefficient (Wildman–Crippen LogP) is 3.84. The van der Waals surface area contributed by atoms with E-state index in [1.807, 2.05) is 0 Å². The lowest BCUT2D eigenvalue weighted by Crippen LogP contribution is -2.21. The molecule has 2 aromatic carbocycles. The van der Waals surface area contributed by atoms with E-state index in [1.165, 1.54) is 25.1 Å². The first-order chi connectivity index (χ1) is 10.9. The van der Waals surface area contributed by atoms with Crippen molar-refractivity contribution in [1.29, 1.82) is 0 Å². The summed E-state index contributed by atoms with van der Waals surface area (Å²) in [5.41, 5.74) is 0.0705. The van der Waals surface area contributed by atoms with Crippen LogP contribution in [-0.4, -0.2) is 18.3 Å². The summed E-state index contributed by atoms with van der Waals surface area (Å²) >= 11 is 5.80. The zero-order valence-corrected chi connectivity index (χ0v) is 12.8. The Kier molecular flexibility index (Phi) is 5.28. The number of halogens is 3. The largest absolute Gasteiger partial charge is 0.483 e. The van der Waals surface area contributed by atoms with Crippen LogP contribution in [0.5, 0.6) is 5.75 Å². The molecular formula is C16H12ClF2NO3. The second kappa shape index (κ2) is 7.19. The molecule has 120 valence electrons. The Labute approximate surface area is 136 Å². The Balaban J connectivity index is 2.03. The highest BCUT2D eigenvalue weighted by Crippen LogP contribution is 2.23. The highest BCUT2D eigenvalue weighted by atomic mass is 35.5. The van der Waals surface area contributed by atoms with Crippen LogP contribution in [0.1, 0.15) is 17.3 Å². The van der Waals surface area contributed by atoms with Gasteiger partial charge in [0.05, 0.1) is 11.3 Å². The monoisotopic (exact) mass is 339 g/mol. The third-order valence-corrected chi connectivity index (χ3v) is 3.12. The molecule has 0 saturated heterocycles. The minimum atomic E-state index is -0.894. The fraction of sp³-hybridized carbons (Fsp3) is 0.125. The van der Waals surface area contributed by atoms with Gasteiger partial charge in [-0.15, -0.1) is 0 Å². The van der Waals surface area contributed by atoms with Crippen molar-refractivity contribution in [2.24, 2.45) is 0 Å². The van der Waals surface area contributed by atoms with Crippen LogP contribution < -0.4 is 10.1 Å². The topological polar surface area (TPSA) is 55.4 Å². The van der Waals surface area contributed by atoms with Gasteiger partial charge in [-0.05, 0) is 37.3 Å². The van der Waals surface area contributed by atoms with E-state index in [9.17, 15) is 18.4 Å². The summed E-state index contributed by atoms with van der Waals surface area (Å²) in [6.07, 6.45) is 0. The van der Waals surface area contributed by atoms with Crippen LogP contribution in [0, 0.1) is 11.6 Å². The Morgan fingerprint density at radius 1 is 1.17 bits per heavy atom. The minimum Gasteiger partial charge on any atom is -0.483 e. The molecule has 0 aliphatic carbocycles. The molecule has 0 atom stereocenters. The number of rotatable bonds is 5. The molecule has 0 bridgehead atoms. The molecule has 0 unspecified atom stereocenters. The Morgan fingerprint density at radius 2 is 1.91 bits per heavy atom. The normalized spacial score (nSPS) is 10.3. The van der Waals surface area contributed by atoms with Gasteiger partial charge in [0, 0.05) is 11.1 Å². The number of carbonyl (C=O) groups is 2. The van der Waals surface area contributed by atoms with Gasteiger partial charge in [-0.2, -0.15) is 0 Å². The van der Waals surface area contributed by atoms with E-state index < -0.39 is 24.1 Å². The Hall–Kier alpha value is -2.47. The van der Waals surface area contributed by atoms with Gasteiger partial charge in [-0.1, -0.05) is 11.6 Å². The molecule has 0 fully saturated rings. The van der Waals surface area contributed by atoms with E-state index >= 15 is 0 Å². The number of benzene rings is 2. The number of hydrogen-bond donors (Lipinski definition) is 1. The maximum atomic E-state index is 13.4. The smallest absolute Gasteiger partial charge is 0.262 e. The quantitative estimate of drug-likeness (QED) is 0.842. The molecule has 0 aromatic heterocycles. The van der Waals surface area contributed by atoms with E-state index in [0.717, 1.165) is 12.1 Å². The number of Topliss-reactive ketones (excluding diaryl/α,β-unsaturated/α-hetero) is 1. The zero-order valence-electron chi connectivity index (χ0n) is 12.0. The Morgan fingerprint density at radius 3 is 2.57 bits per heavy atom. The molecule has 0 radical (unpaired) electrons. The van der Waals surface area contributed by atoms with E-state index in [4.69, 9.17) is 16.3 Å². The van der Waals surface area contributed by atoms with Crippen LogP contribution in [0.15, 0.2) is 36.4 Å². The highest BCUT2D eigenvalue weighted by molar-refractivity contribution is 6.31. The molecule has 2 aromatic rings. The van der Waals surface area contributed by atoms with Crippen molar-refractivity contribution in [1.82, 2.24) is 0 Å². The lowest BCUT2D eigenvalue weighted by molar-refractivity contribution is -0.118. The molecular weight excluding hydrogens is 328 g/mol. The zero-order chi connectivity index (χ0) is 17.0. The van der Waals surface area contributed by atoms with Crippen molar-refractivity contribution in [2.75, 3.05) is 11.9 Å². The minimum absolute atomic E-state index is 0.164. The van der Waals surface area contributed by atoms with Crippen molar-refractivity contribution in [2.45, 2.75) is 6.92 Å². The van der Waals surface area contributed by atoms with Crippen molar-refractivity contribution in [3.05, 3.63) is 58.6 Å². The van der Waals surface area contributed by atoms with E-state index in [-0.39, 0.29) is 22.8 Å². The van der Waals surface area contributed by atoms with Crippen molar-refractivity contribution < 1.29 is 23.1 Å². The molecule has 0 heterocycles. The molecule has 0 saturated carbocycles. The first kappa shape index (κ1) is 16.9. The summed E-state index contributed by atoms with van der Waals surface area (Å²) in [5.74, 6) is -2.37. The molecule has 1 amide bonds. The van der Waals surface area contributed by atoms with E-state index in [0.29, 0.717) is 11.1 Å². The average molecular weight is 340 g/mol. The average Bonchev–Trinajstić information content (AvgIpc) is 2.48. The van der Waals surface area contributed by atoms with Gasteiger partial charge < -0.3 is 10.1 Å². The summed E-state index contributed by atoms with van der Waals surface area (Å²) in [6, 6.07) is 7.18. The first-order valence-electron chi connectivity index (χ1n) is 6.55. The van der Waals surface area contributed by atoms with Crippen LogP contribution in [0.25, 0.3) is 0 Å². The number of carbonyl (C=O) groups excluding carboxylic acids is 2. The van der Waals surface area contributed by atoms with Crippen LogP contribution in [0.3, 0.4) is 0 Å². The van der Waals surface area contributed by atoms with Gasteiger partial charge >= 0.3 is 0 Å². The standard InChI is InChI=1S/C16H12ClF2NO3/c1-9(21)12-6-10(17)2-5-15(12)23-8-16(22)20-14-4-3-11(18)7-13(14)19/h2-7H,8H2,1H3,(H,20,22). The highest BCUT2D eigenvalue weighted by Gasteiger charge is 2.12. The number of ketones is 1. The Bertz CT molecular complexity index is 765. The molecule has 23 heavy (non-hydrogen) atoms. The predicted molar refractivity (Wildman–Crippen MR) is 81.9 cm³/mol. The van der Waals surface area contributed by atoms with Gasteiger partial charge in [-0.25, -0.2) is 8.78 Å². The number of amides is 1. The van der Waals surface area contributed by atoms with E-state index in [2.05, 4.69) is 5.32 Å². The summed E-state index contributed by atoms with van der Waals surface area (Å²) in [6.45, 7) is 0.894. The first-order valence-corrected chi connectivity index (χ1v) is 6.93. The second-order valence-electron chi connectivity index (χ2n) is 4.66. The number of anilines is 1. The van der Waals surface area contributed by atoms with Gasteiger partial charge in [0.1, 0.15) is 17.4 Å². The molecule has 0 aliphatic heterocycles. The summed E-state index contributed by atoms with van der Waals surface area (Å²) in [4.78, 5) is 23.3. The molecule has 7 heteroatoms. The van der Waals surface area contributed by atoms with Crippen LogP contribution in [0.4, 0.5) is 14.5 Å². The molecule has 2 rings (SSSR count). The van der Waals surface area contributed by atoms with Gasteiger partial charge in [0.25, 0.3) is 5.91 Å². The van der Waals surface area contributed by atoms with Crippen molar-refractivity contribution in [3.63, 3.8) is 0 Å². The van der Waals surface area contributed by atoms with Crippen molar-refractivity contribution in [3.8, 4) is 5.75 Å². The summed E-state index contributed by atoms with van der Waals surface area (Å²) in [7, 11) is 0. The third kappa shape index (κ3) is 4.50. The van der Waals surface area contributed by atoms with Gasteiger partial charge in [0.15, 0.2) is 12.4 Å². The van der Waals surface area contributed by atoms with Gasteiger partial charge in [0.2, 0.25) is 0 Å². The number of nitrogens with one attached hydrogen (secondary N) is 1.